The summed E-state index contributed by atoms with van der Waals surface area (Å²) in [6, 6.07) is 10.6. The number of nitrogens with two attached hydrogens (primary N) is 1. The molecule has 4 N–H and O–H groups in total. The van der Waals surface area contributed by atoms with Crippen molar-refractivity contribution in [2.24, 2.45) is 11.7 Å². The minimum atomic E-state index is -4.33. The Kier molecular flexibility index (Phi) is 15.8. The van der Waals surface area contributed by atoms with Gasteiger partial charge in [0.25, 0.3) is 0 Å². The fourth-order valence-corrected chi connectivity index (χ4v) is 4.01. The third kappa shape index (κ3) is 13.3. The van der Waals surface area contributed by atoms with E-state index >= 15 is 0 Å². The number of primary amides is 1. The molecule has 3 rings (SSSR count). The number of alkyl halides is 3. The highest BCUT2D eigenvalue weighted by molar-refractivity contribution is 5.76. The summed E-state index contributed by atoms with van der Waals surface area (Å²) in [6.45, 7) is 10.9. The maximum Gasteiger partial charge on any atom is 0.416 e. The predicted octanol–water partition coefficient (Wildman–Crippen LogP) is 4.98. The number of carbonyl (C=O) groups excluding carboxylic acids is 1. The molecule has 2 unspecified atom stereocenters. The van der Waals surface area contributed by atoms with E-state index in [1.54, 1.807) is 11.8 Å². The fourth-order valence-electron chi connectivity index (χ4n) is 4.01. The van der Waals surface area contributed by atoms with Crippen molar-refractivity contribution >= 4 is 5.91 Å². The maximum absolute atomic E-state index is 12.6. The van der Waals surface area contributed by atoms with Gasteiger partial charge in [-0.05, 0) is 87.4 Å². The van der Waals surface area contributed by atoms with E-state index in [4.69, 9.17) is 10.8 Å². The second-order valence-corrected chi connectivity index (χ2v) is 9.58. The van der Waals surface area contributed by atoms with Gasteiger partial charge in [0, 0.05) is 37.6 Å². The molecule has 2 heterocycles. The van der Waals surface area contributed by atoms with E-state index < -0.39 is 17.6 Å². The number of aliphatic hydroxyl groups excluding tert-OH is 1. The van der Waals surface area contributed by atoms with Crippen LogP contribution < -0.4 is 11.1 Å². The van der Waals surface area contributed by atoms with E-state index in [1.165, 1.54) is 31.0 Å². The molecule has 1 aliphatic rings. The zero-order valence-corrected chi connectivity index (χ0v) is 23.2. The van der Waals surface area contributed by atoms with Crippen LogP contribution in [0.5, 0.6) is 0 Å². The Labute approximate surface area is 225 Å². The van der Waals surface area contributed by atoms with Crippen LogP contribution in [-0.4, -0.2) is 53.2 Å². The monoisotopic (exact) mass is 538 g/mol. The van der Waals surface area contributed by atoms with Gasteiger partial charge in [0.15, 0.2) is 0 Å². The number of nitrogens with zero attached hydrogens (tertiary/aromatic N) is 2. The van der Waals surface area contributed by atoms with Crippen LogP contribution >= 0.6 is 0 Å². The molecule has 0 aliphatic carbocycles. The van der Waals surface area contributed by atoms with Crippen LogP contribution in [0.2, 0.25) is 0 Å². The topological polar surface area (TPSA) is 91.5 Å². The number of rotatable bonds is 10. The van der Waals surface area contributed by atoms with E-state index in [0.717, 1.165) is 36.6 Å². The molecular formula is C29H45F3N4O2. The van der Waals surface area contributed by atoms with Crippen LogP contribution in [0.1, 0.15) is 69.3 Å². The van der Waals surface area contributed by atoms with E-state index in [-0.39, 0.29) is 13.2 Å². The molecule has 0 fully saturated rings. The highest BCUT2D eigenvalue weighted by Gasteiger charge is 2.31. The van der Waals surface area contributed by atoms with Gasteiger partial charge in [0.05, 0.1) is 12.1 Å². The zero-order chi connectivity index (χ0) is 28.6. The van der Waals surface area contributed by atoms with E-state index in [9.17, 15) is 18.0 Å². The van der Waals surface area contributed by atoms with Gasteiger partial charge in [-0.1, -0.05) is 32.4 Å². The van der Waals surface area contributed by atoms with Gasteiger partial charge in [-0.25, -0.2) is 0 Å². The van der Waals surface area contributed by atoms with Gasteiger partial charge in [0.1, 0.15) is 0 Å². The maximum atomic E-state index is 12.6. The zero-order valence-electron chi connectivity index (χ0n) is 23.2. The minimum Gasteiger partial charge on any atom is -0.397 e. The van der Waals surface area contributed by atoms with Crippen molar-refractivity contribution in [3.63, 3.8) is 0 Å². The van der Waals surface area contributed by atoms with E-state index in [0.29, 0.717) is 31.1 Å². The number of fused-ring (bicyclic) bond motifs is 1. The summed E-state index contributed by atoms with van der Waals surface area (Å²) in [5.74, 6) is 0.302. The lowest BCUT2D eigenvalue weighted by molar-refractivity contribution is -0.137. The predicted molar refractivity (Wildman–Crippen MR) is 146 cm³/mol. The molecule has 9 heteroatoms. The quantitative estimate of drug-likeness (QED) is 0.397. The molecule has 1 aromatic heterocycles. The van der Waals surface area contributed by atoms with Crippen molar-refractivity contribution in [2.45, 2.75) is 78.6 Å². The summed E-state index contributed by atoms with van der Waals surface area (Å²) in [4.78, 5) is 16.9. The molecule has 2 aromatic rings. The number of nitrogens with one attached hydrogen (secondary N) is 1. The highest BCUT2D eigenvalue weighted by Crippen LogP contribution is 2.32. The molecule has 0 spiro atoms. The molecular weight excluding hydrogens is 493 g/mol. The Morgan fingerprint density at radius 1 is 1.16 bits per heavy atom. The molecule has 38 heavy (non-hydrogen) atoms. The van der Waals surface area contributed by atoms with Crippen molar-refractivity contribution in [3.05, 3.63) is 65.0 Å². The molecule has 1 aromatic carbocycles. The van der Waals surface area contributed by atoms with Crippen molar-refractivity contribution in [1.82, 2.24) is 15.2 Å². The third-order valence-electron chi connectivity index (χ3n) is 6.48. The van der Waals surface area contributed by atoms with Gasteiger partial charge < -0.3 is 16.2 Å². The van der Waals surface area contributed by atoms with Gasteiger partial charge in [-0.2, -0.15) is 13.2 Å². The Morgan fingerprint density at radius 2 is 1.87 bits per heavy atom. The van der Waals surface area contributed by atoms with Gasteiger partial charge in [-0.3, -0.25) is 14.7 Å². The number of aliphatic hydroxyl groups is 1. The molecule has 1 aliphatic heterocycles. The molecule has 214 valence electrons. The summed E-state index contributed by atoms with van der Waals surface area (Å²) >= 11 is 0. The average Bonchev–Trinajstić information content (AvgIpc) is 2.88. The Hall–Kier alpha value is -2.49. The van der Waals surface area contributed by atoms with Crippen LogP contribution in [0.4, 0.5) is 13.2 Å². The average molecular weight is 539 g/mol. The van der Waals surface area contributed by atoms with Crippen molar-refractivity contribution in [2.75, 3.05) is 26.2 Å². The summed E-state index contributed by atoms with van der Waals surface area (Å²) in [7, 11) is 0. The molecule has 1 amide bonds. The normalized spacial score (nSPS) is 14.7. The van der Waals surface area contributed by atoms with Gasteiger partial charge in [0.2, 0.25) is 5.91 Å². The van der Waals surface area contributed by atoms with Gasteiger partial charge >= 0.3 is 6.18 Å². The largest absolute Gasteiger partial charge is 0.416 e. The first-order valence-corrected chi connectivity index (χ1v) is 13.5. The third-order valence-corrected chi connectivity index (χ3v) is 6.48. The number of amides is 1. The minimum absolute atomic E-state index is 0.0791. The lowest BCUT2D eigenvalue weighted by Crippen LogP contribution is -2.37. The molecule has 6 nitrogen and oxygen atoms in total. The van der Waals surface area contributed by atoms with Crippen LogP contribution in [0, 0.1) is 5.92 Å². The first-order chi connectivity index (χ1) is 18.0. The van der Waals surface area contributed by atoms with E-state index in [2.05, 4.69) is 43.2 Å². The molecule has 2 atom stereocenters. The number of halogens is 3. The van der Waals surface area contributed by atoms with Crippen LogP contribution in [0.3, 0.4) is 0 Å². The Bertz CT molecular complexity index is 926. The number of aromatic nitrogens is 1. The SMILES string of the molecule is CCC(CCc1ccccn1)CNC(C)CC.CCO.NC(=O)CN1CCc2ccc(C(F)(F)F)cc2C1. The second-order valence-electron chi connectivity index (χ2n) is 9.58. The smallest absolute Gasteiger partial charge is 0.397 e. The number of aryl methyl sites for hydroxylation is 1. The summed E-state index contributed by atoms with van der Waals surface area (Å²) in [5.41, 5.74) is 7.18. The Morgan fingerprint density at radius 3 is 2.42 bits per heavy atom. The summed E-state index contributed by atoms with van der Waals surface area (Å²) in [6.07, 6.45) is 2.97. The molecule has 0 saturated carbocycles. The number of carbonyl (C=O) groups is 1. The van der Waals surface area contributed by atoms with Crippen LogP contribution in [0.15, 0.2) is 42.6 Å². The van der Waals surface area contributed by atoms with Crippen LogP contribution in [-0.2, 0) is 30.4 Å². The first-order valence-electron chi connectivity index (χ1n) is 13.5. The highest BCUT2D eigenvalue weighted by atomic mass is 19.4. The number of hydrogen-bond acceptors (Lipinski definition) is 5. The standard InChI is InChI=1S/C15H26N2.C12H13F3N2O.C2H6O/c1-4-13(3)17-12-14(5-2)9-10-15-8-6-7-11-16-15;13-12(14,15)10-2-1-8-3-4-17(7-11(16)18)6-9(8)5-10;1-2-3/h6-8,11,13-14,17H,4-5,9-10,12H2,1-3H3;1-2,5H,3-4,6-7H2,(H2,16,18);3H,2H2,1H3. The van der Waals surface area contributed by atoms with E-state index in [1.807, 2.05) is 12.3 Å². The summed E-state index contributed by atoms with van der Waals surface area (Å²) in [5, 5.41) is 11.2. The fraction of sp³-hybridized carbons (Fsp3) is 0.586. The van der Waals surface area contributed by atoms with Crippen LogP contribution in [0.25, 0.3) is 0 Å². The van der Waals surface area contributed by atoms with Gasteiger partial charge in [-0.15, -0.1) is 0 Å². The number of pyridine rings is 1. The first kappa shape index (κ1) is 33.5. The van der Waals surface area contributed by atoms with Crippen molar-refractivity contribution in [3.8, 4) is 0 Å². The lowest BCUT2D eigenvalue weighted by Gasteiger charge is -2.28. The Balaban J connectivity index is 0.000000345. The van der Waals surface area contributed by atoms with Crippen molar-refractivity contribution in [1.29, 1.82) is 0 Å². The molecule has 0 radical (unpaired) electrons. The molecule has 0 bridgehead atoms. The van der Waals surface area contributed by atoms with Crippen molar-refractivity contribution < 1.29 is 23.1 Å². The lowest BCUT2D eigenvalue weighted by atomic mass is 9.97. The molecule has 0 saturated heterocycles. The number of hydrogen-bond donors (Lipinski definition) is 3. The summed E-state index contributed by atoms with van der Waals surface area (Å²) < 4.78 is 37.7. The second kappa shape index (κ2) is 17.9. The number of benzene rings is 1.